The summed E-state index contributed by atoms with van der Waals surface area (Å²) in [6, 6.07) is 16.5. The molecule has 1 atom stereocenters. The van der Waals surface area contributed by atoms with Crippen LogP contribution in [0.3, 0.4) is 0 Å². The van der Waals surface area contributed by atoms with Crippen LogP contribution in [0.5, 0.6) is 5.75 Å². The fourth-order valence-electron chi connectivity index (χ4n) is 2.06. The Morgan fingerprint density at radius 1 is 1.04 bits per heavy atom. The lowest BCUT2D eigenvalue weighted by Gasteiger charge is -2.11. The molecular formula is C20H23NO4. The Kier molecular flexibility index (Phi) is 7.01. The van der Waals surface area contributed by atoms with Gasteiger partial charge in [-0.3, -0.25) is 4.79 Å². The van der Waals surface area contributed by atoms with Crippen LogP contribution >= 0.6 is 0 Å². The second-order valence-electron chi connectivity index (χ2n) is 5.75. The molecule has 0 saturated carbocycles. The van der Waals surface area contributed by atoms with Crippen molar-refractivity contribution in [3.05, 3.63) is 65.7 Å². The van der Waals surface area contributed by atoms with Crippen molar-refractivity contribution in [2.45, 2.75) is 32.9 Å². The SMILES string of the molecule is CC[C@@H](C)NC(=O)COC(=O)c1ccc(OCc2ccccc2)cc1. The van der Waals surface area contributed by atoms with Gasteiger partial charge >= 0.3 is 5.97 Å². The summed E-state index contributed by atoms with van der Waals surface area (Å²) in [4.78, 5) is 23.6. The maximum absolute atomic E-state index is 12.0. The van der Waals surface area contributed by atoms with Crippen molar-refractivity contribution < 1.29 is 19.1 Å². The van der Waals surface area contributed by atoms with Crippen molar-refractivity contribution in [3.63, 3.8) is 0 Å². The molecule has 5 heteroatoms. The fraction of sp³-hybridized carbons (Fsp3) is 0.300. The van der Waals surface area contributed by atoms with Crippen LogP contribution in [0.15, 0.2) is 54.6 Å². The fourth-order valence-corrected chi connectivity index (χ4v) is 2.06. The number of carbonyl (C=O) groups is 2. The van der Waals surface area contributed by atoms with Crippen LogP contribution in [0.2, 0.25) is 0 Å². The highest BCUT2D eigenvalue weighted by Gasteiger charge is 2.11. The van der Waals surface area contributed by atoms with E-state index in [2.05, 4.69) is 5.32 Å². The molecule has 0 bridgehead atoms. The molecule has 0 heterocycles. The van der Waals surface area contributed by atoms with Gasteiger partial charge in [0, 0.05) is 6.04 Å². The molecule has 0 unspecified atom stereocenters. The number of ether oxygens (including phenoxy) is 2. The Balaban J connectivity index is 1.80. The van der Waals surface area contributed by atoms with Crippen LogP contribution in [-0.4, -0.2) is 24.5 Å². The van der Waals surface area contributed by atoms with E-state index in [-0.39, 0.29) is 18.6 Å². The second kappa shape index (κ2) is 9.47. The summed E-state index contributed by atoms with van der Waals surface area (Å²) < 4.78 is 10.7. The maximum atomic E-state index is 12.0. The Morgan fingerprint density at radius 2 is 1.72 bits per heavy atom. The zero-order chi connectivity index (χ0) is 18.1. The van der Waals surface area contributed by atoms with Gasteiger partial charge in [-0.15, -0.1) is 0 Å². The second-order valence-corrected chi connectivity index (χ2v) is 5.75. The average molecular weight is 341 g/mol. The summed E-state index contributed by atoms with van der Waals surface area (Å²) in [5.41, 5.74) is 1.45. The number of rotatable bonds is 8. The Hall–Kier alpha value is -2.82. The molecule has 0 aliphatic heterocycles. The minimum absolute atomic E-state index is 0.0623. The van der Waals surface area contributed by atoms with E-state index in [0.717, 1.165) is 12.0 Å². The third-order valence-electron chi connectivity index (χ3n) is 3.69. The molecule has 0 radical (unpaired) electrons. The summed E-state index contributed by atoms with van der Waals surface area (Å²) in [5, 5.41) is 2.74. The molecule has 0 fully saturated rings. The van der Waals surface area contributed by atoms with Gasteiger partial charge in [0.1, 0.15) is 12.4 Å². The summed E-state index contributed by atoms with van der Waals surface area (Å²) >= 11 is 0. The van der Waals surface area contributed by atoms with E-state index in [9.17, 15) is 9.59 Å². The molecule has 0 aliphatic carbocycles. The molecule has 132 valence electrons. The Morgan fingerprint density at radius 3 is 2.36 bits per heavy atom. The van der Waals surface area contributed by atoms with Gasteiger partial charge in [-0.25, -0.2) is 4.79 Å². The van der Waals surface area contributed by atoms with E-state index < -0.39 is 5.97 Å². The van der Waals surface area contributed by atoms with Crippen LogP contribution in [0.4, 0.5) is 0 Å². The molecule has 2 aromatic rings. The molecule has 0 saturated heterocycles. The van der Waals surface area contributed by atoms with Gasteiger partial charge in [0.2, 0.25) is 0 Å². The van der Waals surface area contributed by atoms with E-state index in [0.29, 0.717) is 17.9 Å². The lowest BCUT2D eigenvalue weighted by molar-refractivity contribution is -0.124. The number of nitrogens with one attached hydrogen (secondary N) is 1. The van der Waals surface area contributed by atoms with Crippen LogP contribution < -0.4 is 10.1 Å². The largest absolute Gasteiger partial charge is 0.489 e. The van der Waals surface area contributed by atoms with Crippen molar-refractivity contribution in [2.24, 2.45) is 0 Å². The molecule has 1 N–H and O–H groups in total. The maximum Gasteiger partial charge on any atom is 0.338 e. The third kappa shape index (κ3) is 6.30. The molecule has 5 nitrogen and oxygen atoms in total. The number of amides is 1. The highest BCUT2D eigenvalue weighted by Crippen LogP contribution is 2.15. The van der Waals surface area contributed by atoms with Crippen molar-refractivity contribution in [1.82, 2.24) is 5.32 Å². The summed E-state index contributed by atoms with van der Waals surface area (Å²) in [7, 11) is 0. The lowest BCUT2D eigenvalue weighted by atomic mass is 10.2. The molecule has 25 heavy (non-hydrogen) atoms. The monoisotopic (exact) mass is 341 g/mol. The highest BCUT2D eigenvalue weighted by atomic mass is 16.5. The Bertz CT molecular complexity index is 683. The molecule has 2 rings (SSSR count). The van der Waals surface area contributed by atoms with Crippen LogP contribution in [0, 0.1) is 0 Å². The van der Waals surface area contributed by atoms with E-state index in [1.165, 1.54) is 0 Å². The van der Waals surface area contributed by atoms with Gasteiger partial charge in [0.25, 0.3) is 5.91 Å². The minimum atomic E-state index is -0.533. The smallest absolute Gasteiger partial charge is 0.338 e. The normalized spacial score (nSPS) is 11.4. The van der Waals surface area contributed by atoms with Gasteiger partial charge in [-0.1, -0.05) is 37.3 Å². The van der Waals surface area contributed by atoms with Crippen molar-refractivity contribution in [3.8, 4) is 5.75 Å². The van der Waals surface area contributed by atoms with Crippen LogP contribution in [-0.2, 0) is 16.1 Å². The first kappa shape index (κ1) is 18.5. The zero-order valence-electron chi connectivity index (χ0n) is 14.5. The number of hydrogen-bond donors (Lipinski definition) is 1. The number of carbonyl (C=O) groups excluding carboxylic acids is 2. The van der Waals surface area contributed by atoms with Gasteiger partial charge in [-0.05, 0) is 43.2 Å². The highest BCUT2D eigenvalue weighted by molar-refractivity contribution is 5.91. The van der Waals surface area contributed by atoms with Crippen molar-refractivity contribution >= 4 is 11.9 Å². The first-order chi connectivity index (χ1) is 12.1. The molecule has 0 spiro atoms. The molecular weight excluding hydrogens is 318 g/mol. The predicted molar refractivity (Wildman–Crippen MR) is 95.4 cm³/mol. The van der Waals surface area contributed by atoms with E-state index in [4.69, 9.17) is 9.47 Å². The minimum Gasteiger partial charge on any atom is -0.489 e. The topological polar surface area (TPSA) is 64.6 Å². The summed E-state index contributed by atoms with van der Waals surface area (Å²) in [6.07, 6.45) is 0.824. The number of esters is 1. The molecule has 0 aromatic heterocycles. The van der Waals surface area contributed by atoms with Gasteiger partial charge < -0.3 is 14.8 Å². The molecule has 2 aromatic carbocycles. The zero-order valence-corrected chi connectivity index (χ0v) is 14.5. The predicted octanol–water partition coefficient (Wildman–Crippen LogP) is 3.34. The van der Waals surface area contributed by atoms with Crippen molar-refractivity contribution in [1.29, 1.82) is 0 Å². The van der Waals surface area contributed by atoms with Crippen LogP contribution in [0.25, 0.3) is 0 Å². The van der Waals surface area contributed by atoms with Gasteiger partial charge in [-0.2, -0.15) is 0 Å². The summed E-state index contributed by atoms with van der Waals surface area (Å²) in [6.45, 7) is 4.04. The van der Waals surface area contributed by atoms with Crippen molar-refractivity contribution in [2.75, 3.05) is 6.61 Å². The van der Waals surface area contributed by atoms with E-state index in [1.807, 2.05) is 44.2 Å². The molecule has 1 amide bonds. The van der Waals surface area contributed by atoms with Crippen LogP contribution in [0.1, 0.15) is 36.2 Å². The average Bonchev–Trinajstić information content (AvgIpc) is 2.65. The lowest BCUT2D eigenvalue weighted by Crippen LogP contribution is -2.35. The summed E-state index contributed by atoms with van der Waals surface area (Å²) in [5.74, 6) is -0.172. The quantitative estimate of drug-likeness (QED) is 0.748. The Labute approximate surface area is 148 Å². The number of hydrogen-bond acceptors (Lipinski definition) is 4. The first-order valence-electron chi connectivity index (χ1n) is 8.31. The van der Waals surface area contributed by atoms with Gasteiger partial charge in [0.15, 0.2) is 6.61 Å². The first-order valence-corrected chi connectivity index (χ1v) is 8.31. The third-order valence-corrected chi connectivity index (χ3v) is 3.69. The van der Waals surface area contributed by atoms with E-state index >= 15 is 0 Å². The van der Waals surface area contributed by atoms with E-state index in [1.54, 1.807) is 24.3 Å². The van der Waals surface area contributed by atoms with Gasteiger partial charge in [0.05, 0.1) is 5.56 Å². The standard InChI is InChI=1S/C20H23NO4/c1-3-15(2)21-19(22)14-25-20(23)17-9-11-18(12-10-17)24-13-16-7-5-4-6-8-16/h4-12,15H,3,13-14H2,1-2H3,(H,21,22)/t15-/m1/s1. The number of benzene rings is 2. The molecule has 0 aliphatic rings.